The molecule has 116 valence electrons. The number of anilines is 1. The molecule has 4 nitrogen and oxygen atoms in total. The van der Waals surface area contributed by atoms with Gasteiger partial charge in [0.15, 0.2) is 0 Å². The summed E-state index contributed by atoms with van der Waals surface area (Å²) in [7, 11) is 0. The Bertz CT molecular complexity index is 441. The summed E-state index contributed by atoms with van der Waals surface area (Å²) in [5.74, 6) is 0.790. The fourth-order valence-corrected chi connectivity index (χ4v) is 3.61. The van der Waals surface area contributed by atoms with E-state index in [0.717, 1.165) is 38.7 Å². The van der Waals surface area contributed by atoms with E-state index >= 15 is 0 Å². The van der Waals surface area contributed by atoms with Crippen LogP contribution in [0.25, 0.3) is 0 Å². The van der Waals surface area contributed by atoms with Crippen molar-refractivity contribution in [3.05, 3.63) is 24.5 Å². The SMILES string of the molecule is CC1(C)C[C@H](CN2CCN(c3cccnc3)CC2)CCO1. The van der Waals surface area contributed by atoms with Crippen LogP contribution in [-0.2, 0) is 4.74 Å². The summed E-state index contributed by atoms with van der Waals surface area (Å²) >= 11 is 0. The van der Waals surface area contributed by atoms with Crippen molar-refractivity contribution in [1.82, 2.24) is 9.88 Å². The molecule has 0 amide bonds. The molecule has 0 aromatic carbocycles. The Balaban J connectivity index is 1.48. The van der Waals surface area contributed by atoms with Gasteiger partial charge in [-0.15, -0.1) is 0 Å². The lowest BCUT2D eigenvalue weighted by atomic mass is 9.88. The molecule has 0 N–H and O–H groups in total. The molecule has 2 aliphatic rings. The van der Waals surface area contributed by atoms with Gasteiger partial charge in [-0.05, 0) is 44.7 Å². The maximum atomic E-state index is 5.83. The first-order valence-electron chi connectivity index (χ1n) is 8.14. The molecule has 0 unspecified atom stereocenters. The second-order valence-electron chi connectivity index (χ2n) is 6.97. The van der Waals surface area contributed by atoms with Crippen molar-refractivity contribution in [3.8, 4) is 0 Å². The zero-order valence-electron chi connectivity index (χ0n) is 13.3. The van der Waals surface area contributed by atoms with Crippen LogP contribution in [0.15, 0.2) is 24.5 Å². The molecule has 0 saturated carbocycles. The summed E-state index contributed by atoms with van der Waals surface area (Å²) in [4.78, 5) is 9.29. The molecule has 2 saturated heterocycles. The topological polar surface area (TPSA) is 28.6 Å². The van der Waals surface area contributed by atoms with Crippen LogP contribution in [0.4, 0.5) is 5.69 Å². The first-order chi connectivity index (χ1) is 10.1. The average Bonchev–Trinajstić information content (AvgIpc) is 2.48. The van der Waals surface area contributed by atoms with E-state index in [-0.39, 0.29) is 5.60 Å². The Hall–Kier alpha value is -1.13. The number of hydrogen-bond donors (Lipinski definition) is 0. The van der Waals surface area contributed by atoms with Crippen LogP contribution >= 0.6 is 0 Å². The highest BCUT2D eigenvalue weighted by Gasteiger charge is 2.30. The molecule has 3 heterocycles. The predicted molar refractivity (Wildman–Crippen MR) is 85.6 cm³/mol. The first kappa shape index (κ1) is 14.8. The second-order valence-corrected chi connectivity index (χ2v) is 6.97. The molecule has 21 heavy (non-hydrogen) atoms. The van der Waals surface area contributed by atoms with Crippen LogP contribution < -0.4 is 4.90 Å². The maximum absolute atomic E-state index is 5.83. The lowest BCUT2D eigenvalue weighted by molar-refractivity contribution is -0.0769. The van der Waals surface area contributed by atoms with Crippen molar-refractivity contribution in [2.45, 2.75) is 32.3 Å². The summed E-state index contributed by atoms with van der Waals surface area (Å²) < 4.78 is 5.83. The van der Waals surface area contributed by atoms with Crippen molar-refractivity contribution in [2.75, 3.05) is 44.2 Å². The van der Waals surface area contributed by atoms with E-state index < -0.39 is 0 Å². The molecule has 0 radical (unpaired) electrons. The molecule has 4 heteroatoms. The number of nitrogens with zero attached hydrogens (tertiary/aromatic N) is 3. The van der Waals surface area contributed by atoms with Crippen LogP contribution in [0.5, 0.6) is 0 Å². The molecule has 1 aromatic heterocycles. The van der Waals surface area contributed by atoms with E-state index in [9.17, 15) is 0 Å². The monoisotopic (exact) mass is 289 g/mol. The van der Waals surface area contributed by atoms with Crippen LogP contribution in [0.2, 0.25) is 0 Å². The minimum absolute atomic E-state index is 0.0699. The zero-order chi connectivity index (χ0) is 14.7. The van der Waals surface area contributed by atoms with Gasteiger partial charge in [0, 0.05) is 45.5 Å². The smallest absolute Gasteiger partial charge is 0.0629 e. The second kappa shape index (κ2) is 6.32. The third-order valence-electron chi connectivity index (χ3n) is 4.70. The van der Waals surface area contributed by atoms with E-state index in [4.69, 9.17) is 4.74 Å². The molecule has 2 aliphatic heterocycles. The van der Waals surface area contributed by atoms with Crippen LogP contribution in [0, 0.1) is 5.92 Å². The highest BCUT2D eigenvalue weighted by atomic mass is 16.5. The minimum Gasteiger partial charge on any atom is -0.376 e. The standard InChI is InChI=1S/C17H27N3O/c1-17(2)12-15(5-11-21-17)14-19-7-9-20(10-8-19)16-4-3-6-18-13-16/h3-4,6,13,15H,5,7-12,14H2,1-2H3/t15-/m1/s1. The predicted octanol–water partition coefficient (Wildman–Crippen LogP) is 2.41. The largest absolute Gasteiger partial charge is 0.376 e. The van der Waals surface area contributed by atoms with Gasteiger partial charge in [-0.3, -0.25) is 9.88 Å². The number of hydrogen-bond acceptors (Lipinski definition) is 4. The third-order valence-corrected chi connectivity index (χ3v) is 4.70. The maximum Gasteiger partial charge on any atom is 0.0629 e. The van der Waals surface area contributed by atoms with Gasteiger partial charge >= 0.3 is 0 Å². The van der Waals surface area contributed by atoms with E-state index in [0.29, 0.717) is 0 Å². The number of ether oxygens (including phenoxy) is 1. The van der Waals surface area contributed by atoms with Crippen molar-refractivity contribution in [2.24, 2.45) is 5.92 Å². The van der Waals surface area contributed by atoms with Crippen molar-refractivity contribution in [1.29, 1.82) is 0 Å². The molecule has 2 fully saturated rings. The molecule has 1 atom stereocenters. The van der Waals surface area contributed by atoms with Crippen molar-refractivity contribution >= 4 is 5.69 Å². The summed E-state index contributed by atoms with van der Waals surface area (Å²) in [5.41, 5.74) is 1.32. The van der Waals surface area contributed by atoms with Crippen LogP contribution in [0.1, 0.15) is 26.7 Å². The fourth-order valence-electron chi connectivity index (χ4n) is 3.61. The first-order valence-corrected chi connectivity index (χ1v) is 8.14. The number of aromatic nitrogens is 1. The van der Waals surface area contributed by atoms with Gasteiger partial charge in [0.2, 0.25) is 0 Å². The lowest BCUT2D eigenvalue weighted by Gasteiger charge is -2.41. The Morgan fingerprint density at radius 1 is 1.29 bits per heavy atom. The summed E-state index contributed by atoms with van der Waals surface area (Å²) in [6, 6.07) is 4.18. The van der Waals surface area contributed by atoms with E-state index in [1.165, 1.54) is 25.1 Å². The van der Waals surface area contributed by atoms with Gasteiger partial charge in [-0.1, -0.05) is 0 Å². The Morgan fingerprint density at radius 3 is 2.76 bits per heavy atom. The quantitative estimate of drug-likeness (QED) is 0.854. The van der Waals surface area contributed by atoms with Gasteiger partial charge < -0.3 is 9.64 Å². The third kappa shape index (κ3) is 3.95. The summed E-state index contributed by atoms with van der Waals surface area (Å²) in [6.07, 6.45) is 6.21. The van der Waals surface area contributed by atoms with Gasteiger partial charge in [-0.2, -0.15) is 0 Å². The minimum atomic E-state index is 0.0699. The average molecular weight is 289 g/mol. The molecular formula is C17H27N3O. The van der Waals surface area contributed by atoms with Crippen molar-refractivity contribution < 1.29 is 4.74 Å². The summed E-state index contributed by atoms with van der Waals surface area (Å²) in [5, 5.41) is 0. The van der Waals surface area contributed by atoms with Gasteiger partial charge in [-0.25, -0.2) is 0 Å². The molecular weight excluding hydrogens is 262 g/mol. The number of pyridine rings is 1. The van der Waals surface area contributed by atoms with Gasteiger partial charge in [0.1, 0.15) is 0 Å². The van der Waals surface area contributed by atoms with E-state index in [1.54, 1.807) is 0 Å². The van der Waals surface area contributed by atoms with Gasteiger partial charge in [0.05, 0.1) is 17.5 Å². The Kier molecular flexibility index (Phi) is 4.45. The zero-order valence-corrected chi connectivity index (χ0v) is 13.3. The number of rotatable bonds is 3. The molecule has 1 aromatic rings. The normalized spacial score (nSPS) is 26.8. The highest BCUT2D eigenvalue weighted by molar-refractivity contribution is 5.43. The fraction of sp³-hybridized carbons (Fsp3) is 0.706. The molecule has 0 aliphatic carbocycles. The lowest BCUT2D eigenvalue weighted by Crippen LogP contribution is -2.49. The Morgan fingerprint density at radius 2 is 2.10 bits per heavy atom. The molecule has 0 spiro atoms. The van der Waals surface area contributed by atoms with Crippen LogP contribution in [-0.4, -0.2) is 54.8 Å². The van der Waals surface area contributed by atoms with E-state index in [2.05, 4.69) is 34.7 Å². The highest BCUT2D eigenvalue weighted by Crippen LogP contribution is 2.29. The molecule has 0 bridgehead atoms. The van der Waals surface area contributed by atoms with Crippen molar-refractivity contribution in [3.63, 3.8) is 0 Å². The van der Waals surface area contributed by atoms with Gasteiger partial charge in [0.25, 0.3) is 0 Å². The molecule has 3 rings (SSSR count). The Labute approximate surface area is 128 Å². The van der Waals surface area contributed by atoms with Crippen LogP contribution in [0.3, 0.4) is 0 Å². The summed E-state index contributed by atoms with van der Waals surface area (Å²) in [6.45, 7) is 11.1. The number of piperazine rings is 1. The van der Waals surface area contributed by atoms with E-state index in [1.807, 2.05) is 18.5 Å².